The Labute approximate surface area is 179 Å². The highest BCUT2D eigenvalue weighted by Gasteiger charge is 2.11. The molecule has 0 aliphatic carbocycles. The van der Waals surface area contributed by atoms with Crippen LogP contribution in [0.3, 0.4) is 0 Å². The number of rotatable bonds is 9. The standard InChI is InChI=1S/C24H24FN3O3/c1-29-22-8-4-5-9-23(22)31-17-15-28-21-7-3-2-6-20(21)27(24(28)26)14-16-30-19-12-10-18(25)11-13-19/h2-13,26H,14-17H2,1H3. The SMILES string of the molecule is COc1ccccc1OCCn1c(=N)n(CCOc2ccc(F)cc2)c2ccccc21. The molecule has 0 spiro atoms. The first-order valence-corrected chi connectivity index (χ1v) is 10.0. The van der Waals surface area contributed by atoms with Crippen LogP contribution >= 0.6 is 0 Å². The van der Waals surface area contributed by atoms with Crippen LogP contribution in [0.4, 0.5) is 4.39 Å². The molecule has 1 N–H and O–H groups in total. The molecule has 31 heavy (non-hydrogen) atoms. The molecule has 0 fully saturated rings. The Morgan fingerprint density at radius 1 is 0.742 bits per heavy atom. The lowest BCUT2D eigenvalue weighted by atomic mass is 10.3. The minimum absolute atomic E-state index is 0.298. The molecule has 4 aromatic rings. The van der Waals surface area contributed by atoms with Crippen molar-refractivity contribution in [1.29, 1.82) is 5.41 Å². The quantitative estimate of drug-likeness (QED) is 0.440. The summed E-state index contributed by atoms with van der Waals surface area (Å²) in [5.41, 5.74) is 2.28. The molecule has 0 radical (unpaired) electrons. The summed E-state index contributed by atoms with van der Waals surface area (Å²) in [6.07, 6.45) is 0. The molecule has 0 unspecified atom stereocenters. The minimum atomic E-state index is -0.298. The third-order valence-corrected chi connectivity index (χ3v) is 5.01. The van der Waals surface area contributed by atoms with E-state index in [9.17, 15) is 4.39 Å². The van der Waals surface area contributed by atoms with Crippen molar-refractivity contribution in [2.75, 3.05) is 20.3 Å². The molecule has 0 bridgehead atoms. The van der Waals surface area contributed by atoms with E-state index in [1.807, 2.05) is 57.7 Å². The molecule has 6 nitrogen and oxygen atoms in total. The van der Waals surface area contributed by atoms with E-state index >= 15 is 0 Å². The van der Waals surface area contributed by atoms with Gasteiger partial charge in [-0.15, -0.1) is 0 Å². The number of hydrogen-bond donors (Lipinski definition) is 1. The fourth-order valence-corrected chi connectivity index (χ4v) is 3.52. The number of imidazole rings is 1. The number of hydrogen-bond acceptors (Lipinski definition) is 4. The Morgan fingerprint density at radius 3 is 1.90 bits per heavy atom. The normalized spacial score (nSPS) is 10.9. The van der Waals surface area contributed by atoms with E-state index in [-0.39, 0.29) is 5.82 Å². The van der Waals surface area contributed by atoms with Gasteiger partial charge in [-0.2, -0.15) is 0 Å². The van der Waals surface area contributed by atoms with Crippen molar-refractivity contribution in [3.8, 4) is 17.2 Å². The molecule has 160 valence electrons. The van der Waals surface area contributed by atoms with Crippen LogP contribution in [0, 0.1) is 11.2 Å². The molecule has 4 rings (SSSR count). The molecule has 0 atom stereocenters. The topological polar surface area (TPSA) is 61.4 Å². The van der Waals surface area contributed by atoms with Crippen LogP contribution in [0.1, 0.15) is 0 Å². The highest BCUT2D eigenvalue weighted by atomic mass is 19.1. The number of nitrogens with one attached hydrogen (secondary N) is 1. The summed E-state index contributed by atoms with van der Waals surface area (Å²) in [7, 11) is 1.61. The van der Waals surface area contributed by atoms with E-state index in [1.54, 1.807) is 19.2 Å². The van der Waals surface area contributed by atoms with Gasteiger partial charge in [0.15, 0.2) is 11.5 Å². The van der Waals surface area contributed by atoms with E-state index in [0.717, 1.165) is 11.0 Å². The Hall–Kier alpha value is -3.74. The number of aromatic nitrogens is 2. The van der Waals surface area contributed by atoms with Gasteiger partial charge in [-0.05, 0) is 48.5 Å². The van der Waals surface area contributed by atoms with Crippen molar-refractivity contribution in [3.05, 3.63) is 84.2 Å². The summed E-state index contributed by atoms with van der Waals surface area (Å²) in [4.78, 5) is 0. The third-order valence-electron chi connectivity index (χ3n) is 5.01. The molecular weight excluding hydrogens is 397 g/mol. The monoisotopic (exact) mass is 421 g/mol. The molecule has 0 amide bonds. The summed E-state index contributed by atoms with van der Waals surface area (Å²) >= 11 is 0. The van der Waals surface area contributed by atoms with Gasteiger partial charge in [-0.1, -0.05) is 24.3 Å². The number of nitrogens with zero attached hydrogens (tertiary/aromatic N) is 2. The maximum absolute atomic E-state index is 13.1. The third kappa shape index (κ3) is 4.55. The maximum Gasteiger partial charge on any atom is 0.203 e. The summed E-state index contributed by atoms with van der Waals surface area (Å²) in [6, 6.07) is 21.3. The number of para-hydroxylation sites is 4. The Morgan fingerprint density at radius 2 is 1.29 bits per heavy atom. The lowest BCUT2D eigenvalue weighted by Crippen LogP contribution is -2.28. The number of halogens is 1. The first kappa shape index (κ1) is 20.5. The molecule has 3 aromatic carbocycles. The van der Waals surface area contributed by atoms with Crippen molar-refractivity contribution in [2.24, 2.45) is 0 Å². The largest absolute Gasteiger partial charge is 0.493 e. The Balaban J connectivity index is 1.48. The first-order chi connectivity index (χ1) is 15.2. The summed E-state index contributed by atoms with van der Waals surface area (Å²) in [6.45, 7) is 1.78. The summed E-state index contributed by atoms with van der Waals surface area (Å²) < 4.78 is 33.8. The van der Waals surface area contributed by atoms with E-state index < -0.39 is 0 Å². The van der Waals surface area contributed by atoms with Gasteiger partial charge in [-0.3, -0.25) is 5.41 Å². The smallest absolute Gasteiger partial charge is 0.203 e. The van der Waals surface area contributed by atoms with E-state index in [1.165, 1.54) is 12.1 Å². The molecule has 1 aromatic heterocycles. The van der Waals surface area contributed by atoms with Crippen LogP contribution in [0.15, 0.2) is 72.8 Å². The van der Waals surface area contributed by atoms with Crippen molar-refractivity contribution in [1.82, 2.24) is 9.13 Å². The second-order valence-corrected chi connectivity index (χ2v) is 6.92. The second kappa shape index (κ2) is 9.38. The average Bonchev–Trinajstić information content (AvgIpc) is 3.07. The summed E-state index contributed by atoms with van der Waals surface area (Å²) in [5.74, 6) is 1.66. The van der Waals surface area contributed by atoms with Crippen LogP contribution in [-0.2, 0) is 13.1 Å². The molecule has 7 heteroatoms. The van der Waals surface area contributed by atoms with Gasteiger partial charge in [0, 0.05) is 0 Å². The van der Waals surface area contributed by atoms with Gasteiger partial charge >= 0.3 is 0 Å². The van der Waals surface area contributed by atoms with Crippen LogP contribution in [0.5, 0.6) is 17.2 Å². The molecular formula is C24H24FN3O3. The highest BCUT2D eigenvalue weighted by Crippen LogP contribution is 2.25. The van der Waals surface area contributed by atoms with Crippen molar-refractivity contribution in [2.45, 2.75) is 13.1 Å². The van der Waals surface area contributed by atoms with Crippen molar-refractivity contribution < 1.29 is 18.6 Å². The van der Waals surface area contributed by atoms with Crippen LogP contribution < -0.4 is 19.8 Å². The van der Waals surface area contributed by atoms with Crippen LogP contribution in [-0.4, -0.2) is 29.5 Å². The fourth-order valence-electron chi connectivity index (χ4n) is 3.52. The van der Waals surface area contributed by atoms with Crippen LogP contribution in [0.25, 0.3) is 11.0 Å². The molecule has 0 aliphatic rings. The molecule has 0 aliphatic heterocycles. The first-order valence-electron chi connectivity index (χ1n) is 10.0. The van der Waals surface area contributed by atoms with Crippen LogP contribution in [0.2, 0.25) is 0 Å². The highest BCUT2D eigenvalue weighted by molar-refractivity contribution is 5.75. The van der Waals surface area contributed by atoms with E-state index in [4.69, 9.17) is 19.6 Å². The number of fused-ring (bicyclic) bond motifs is 1. The molecule has 1 heterocycles. The minimum Gasteiger partial charge on any atom is -0.493 e. The van der Waals surface area contributed by atoms with E-state index in [0.29, 0.717) is 49.2 Å². The zero-order valence-corrected chi connectivity index (χ0v) is 17.3. The van der Waals surface area contributed by atoms with Gasteiger partial charge in [0.25, 0.3) is 0 Å². The molecule has 0 saturated heterocycles. The van der Waals surface area contributed by atoms with Gasteiger partial charge < -0.3 is 23.3 Å². The maximum atomic E-state index is 13.1. The van der Waals surface area contributed by atoms with Gasteiger partial charge in [-0.25, -0.2) is 4.39 Å². The van der Waals surface area contributed by atoms with Gasteiger partial charge in [0.1, 0.15) is 24.8 Å². The second-order valence-electron chi connectivity index (χ2n) is 6.92. The summed E-state index contributed by atoms with van der Waals surface area (Å²) in [5, 5.41) is 8.69. The van der Waals surface area contributed by atoms with Gasteiger partial charge in [0.05, 0.1) is 31.2 Å². The van der Waals surface area contributed by atoms with E-state index in [2.05, 4.69) is 0 Å². The van der Waals surface area contributed by atoms with Gasteiger partial charge in [0.2, 0.25) is 5.62 Å². The molecule has 0 saturated carbocycles. The number of benzene rings is 3. The lowest BCUT2D eigenvalue weighted by molar-refractivity contribution is 0.275. The Kier molecular flexibility index (Phi) is 6.21. The average molecular weight is 421 g/mol. The predicted octanol–water partition coefficient (Wildman–Crippen LogP) is 4.23. The lowest BCUT2D eigenvalue weighted by Gasteiger charge is -2.11. The zero-order valence-electron chi connectivity index (χ0n) is 17.3. The zero-order chi connectivity index (χ0) is 21.6. The fraction of sp³-hybridized carbons (Fsp3) is 0.208. The predicted molar refractivity (Wildman–Crippen MR) is 116 cm³/mol. The number of ether oxygens (including phenoxy) is 3. The Bertz CT molecular complexity index is 1210. The van der Waals surface area contributed by atoms with Crippen molar-refractivity contribution >= 4 is 11.0 Å². The van der Waals surface area contributed by atoms with Crippen molar-refractivity contribution in [3.63, 3.8) is 0 Å². The number of methoxy groups -OCH3 is 1.